The highest BCUT2D eigenvalue weighted by atomic mass is 35.5. The Kier molecular flexibility index (Phi) is 4.37. The number of halogens is 3. The second kappa shape index (κ2) is 6.05. The highest BCUT2D eigenvalue weighted by Crippen LogP contribution is 2.26. The number of nitro groups is 1. The van der Waals surface area contributed by atoms with Crippen LogP contribution in [0.5, 0.6) is 0 Å². The second-order valence-corrected chi connectivity index (χ2v) is 4.88. The highest BCUT2D eigenvalue weighted by Gasteiger charge is 2.13. The Morgan fingerprint density at radius 2 is 1.95 bits per heavy atom. The first-order valence-electron chi connectivity index (χ1n) is 6.01. The minimum absolute atomic E-state index is 0.00398. The monoisotopic (exact) mass is 312 g/mol. The first-order valence-corrected chi connectivity index (χ1v) is 6.38. The van der Waals surface area contributed by atoms with Crippen molar-refractivity contribution in [1.82, 2.24) is 0 Å². The molecule has 0 atom stereocenters. The zero-order valence-electron chi connectivity index (χ0n) is 11.0. The molecule has 0 radical (unpaired) electrons. The van der Waals surface area contributed by atoms with Gasteiger partial charge in [-0.1, -0.05) is 17.7 Å². The van der Waals surface area contributed by atoms with Gasteiger partial charge in [-0.15, -0.1) is 0 Å². The lowest BCUT2D eigenvalue weighted by atomic mass is 10.1. The predicted molar refractivity (Wildman–Crippen MR) is 76.5 cm³/mol. The molecule has 0 spiro atoms. The van der Waals surface area contributed by atoms with Crippen LogP contribution < -0.4 is 5.32 Å². The predicted octanol–water partition coefficient (Wildman–Crippen LogP) is 4.45. The number of nitro benzene ring substituents is 1. The molecule has 110 valence electrons. The van der Waals surface area contributed by atoms with E-state index in [4.69, 9.17) is 11.6 Å². The van der Waals surface area contributed by atoms with Crippen molar-refractivity contribution in [2.45, 2.75) is 13.5 Å². The fraction of sp³-hybridized carbons (Fsp3) is 0.143. The summed E-state index contributed by atoms with van der Waals surface area (Å²) >= 11 is 5.70. The summed E-state index contributed by atoms with van der Waals surface area (Å²) in [7, 11) is 0. The van der Waals surface area contributed by atoms with E-state index in [9.17, 15) is 18.9 Å². The lowest BCUT2D eigenvalue weighted by Crippen LogP contribution is -2.03. The van der Waals surface area contributed by atoms with Gasteiger partial charge in [0.05, 0.1) is 10.6 Å². The van der Waals surface area contributed by atoms with Crippen LogP contribution in [0.4, 0.5) is 20.2 Å². The van der Waals surface area contributed by atoms with Crippen molar-refractivity contribution >= 4 is 23.0 Å². The molecule has 0 aliphatic rings. The molecule has 0 heterocycles. The van der Waals surface area contributed by atoms with Crippen LogP contribution in [0.25, 0.3) is 0 Å². The first kappa shape index (κ1) is 15.2. The van der Waals surface area contributed by atoms with E-state index < -0.39 is 16.6 Å². The molecule has 0 saturated carbocycles. The number of nitrogens with one attached hydrogen (secondary N) is 1. The summed E-state index contributed by atoms with van der Waals surface area (Å²) in [5.74, 6) is -1.11. The molecule has 0 aromatic heterocycles. The van der Waals surface area contributed by atoms with E-state index in [0.29, 0.717) is 5.56 Å². The van der Waals surface area contributed by atoms with Crippen molar-refractivity contribution in [1.29, 1.82) is 0 Å². The van der Waals surface area contributed by atoms with E-state index in [1.54, 1.807) is 6.07 Å². The highest BCUT2D eigenvalue weighted by molar-refractivity contribution is 6.32. The molecule has 0 aliphatic heterocycles. The average Bonchev–Trinajstić information content (AvgIpc) is 2.42. The van der Waals surface area contributed by atoms with Gasteiger partial charge in [-0.3, -0.25) is 10.1 Å². The molecular formula is C14H11ClF2N2O2. The Morgan fingerprint density at radius 1 is 1.24 bits per heavy atom. The normalized spacial score (nSPS) is 10.5. The van der Waals surface area contributed by atoms with Gasteiger partial charge in [0.15, 0.2) is 0 Å². The van der Waals surface area contributed by atoms with Crippen LogP contribution in [-0.2, 0) is 6.54 Å². The Bertz CT molecular complexity index is 708. The summed E-state index contributed by atoms with van der Waals surface area (Å²) in [6, 6.07) is 6.39. The topological polar surface area (TPSA) is 55.2 Å². The quantitative estimate of drug-likeness (QED) is 0.670. The lowest BCUT2D eigenvalue weighted by molar-refractivity contribution is -0.384. The van der Waals surface area contributed by atoms with Gasteiger partial charge in [0, 0.05) is 18.7 Å². The van der Waals surface area contributed by atoms with E-state index in [-0.39, 0.29) is 28.5 Å². The maximum atomic E-state index is 13.6. The molecule has 2 aromatic carbocycles. The van der Waals surface area contributed by atoms with Crippen molar-refractivity contribution < 1.29 is 13.7 Å². The summed E-state index contributed by atoms with van der Waals surface area (Å²) in [5, 5.41) is 13.5. The van der Waals surface area contributed by atoms with Gasteiger partial charge < -0.3 is 5.32 Å². The van der Waals surface area contributed by atoms with Crippen LogP contribution in [0.1, 0.15) is 11.1 Å². The Hall–Kier alpha value is -2.21. The summed E-state index contributed by atoms with van der Waals surface area (Å²) in [5.41, 5.74) is 0.508. The molecule has 0 fully saturated rings. The number of anilines is 1. The van der Waals surface area contributed by atoms with E-state index in [1.165, 1.54) is 19.1 Å². The van der Waals surface area contributed by atoms with Gasteiger partial charge in [-0.05, 0) is 30.2 Å². The summed E-state index contributed by atoms with van der Waals surface area (Å²) < 4.78 is 27.0. The molecule has 21 heavy (non-hydrogen) atoms. The molecule has 0 saturated heterocycles. The van der Waals surface area contributed by atoms with Crippen LogP contribution in [0.15, 0.2) is 30.3 Å². The van der Waals surface area contributed by atoms with Crippen molar-refractivity contribution in [3.63, 3.8) is 0 Å². The SMILES string of the molecule is Cc1cc(F)c(NCc2ccc(Cl)c([N+](=O)[O-])c2)cc1F. The molecule has 2 rings (SSSR count). The summed E-state index contributed by atoms with van der Waals surface area (Å²) in [6.45, 7) is 1.57. The fourth-order valence-corrected chi connectivity index (χ4v) is 1.97. The van der Waals surface area contributed by atoms with Crippen molar-refractivity contribution in [3.05, 3.63) is 68.2 Å². The third kappa shape index (κ3) is 3.46. The number of hydrogen-bond acceptors (Lipinski definition) is 3. The average molecular weight is 313 g/mol. The Morgan fingerprint density at radius 3 is 2.62 bits per heavy atom. The van der Waals surface area contributed by atoms with E-state index in [1.807, 2.05) is 0 Å². The molecule has 0 aliphatic carbocycles. The van der Waals surface area contributed by atoms with Crippen molar-refractivity contribution in [2.24, 2.45) is 0 Å². The summed E-state index contributed by atoms with van der Waals surface area (Å²) in [4.78, 5) is 10.2. The second-order valence-electron chi connectivity index (χ2n) is 4.48. The van der Waals surface area contributed by atoms with Crippen LogP contribution in [0.2, 0.25) is 5.02 Å². The van der Waals surface area contributed by atoms with Crippen LogP contribution in [0, 0.1) is 28.7 Å². The van der Waals surface area contributed by atoms with Gasteiger partial charge in [-0.25, -0.2) is 8.78 Å². The van der Waals surface area contributed by atoms with Crippen molar-refractivity contribution in [2.75, 3.05) is 5.32 Å². The molecule has 0 unspecified atom stereocenters. The number of nitrogens with zero attached hydrogens (tertiary/aromatic N) is 1. The van der Waals surface area contributed by atoms with E-state index in [0.717, 1.165) is 12.1 Å². The minimum Gasteiger partial charge on any atom is -0.379 e. The van der Waals surface area contributed by atoms with Gasteiger partial charge in [0.2, 0.25) is 0 Å². The molecule has 0 amide bonds. The van der Waals surface area contributed by atoms with Crippen molar-refractivity contribution in [3.8, 4) is 0 Å². The zero-order valence-corrected chi connectivity index (χ0v) is 11.7. The summed E-state index contributed by atoms with van der Waals surface area (Å²) in [6.07, 6.45) is 0. The number of rotatable bonds is 4. The molecular weight excluding hydrogens is 302 g/mol. The third-order valence-corrected chi connectivity index (χ3v) is 3.26. The minimum atomic E-state index is -0.599. The zero-order chi connectivity index (χ0) is 15.6. The number of aryl methyl sites for hydroxylation is 1. The fourth-order valence-electron chi connectivity index (χ4n) is 1.79. The molecule has 2 aromatic rings. The largest absolute Gasteiger partial charge is 0.379 e. The molecule has 0 bridgehead atoms. The van der Waals surface area contributed by atoms with Gasteiger partial charge in [0.25, 0.3) is 5.69 Å². The Balaban J connectivity index is 2.19. The number of hydrogen-bond donors (Lipinski definition) is 1. The van der Waals surface area contributed by atoms with E-state index in [2.05, 4.69) is 5.32 Å². The van der Waals surface area contributed by atoms with E-state index >= 15 is 0 Å². The third-order valence-electron chi connectivity index (χ3n) is 2.94. The van der Waals surface area contributed by atoms with Crippen LogP contribution >= 0.6 is 11.6 Å². The maximum Gasteiger partial charge on any atom is 0.288 e. The Labute approximate surface area is 124 Å². The van der Waals surface area contributed by atoms with Gasteiger partial charge in [0.1, 0.15) is 16.7 Å². The molecule has 4 nitrogen and oxygen atoms in total. The van der Waals surface area contributed by atoms with Crippen LogP contribution in [0.3, 0.4) is 0 Å². The number of benzene rings is 2. The lowest BCUT2D eigenvalue weighted by Gasteiger charge is -2.09. The van der Waals surface area contributed by atoms with Crippen LogP contribution in [-0.4, -0.2) is 4.92 Å². The van der Waals surface area contributed by atoms with Gasteiger partial charge in [-0.2, -0.15) is 0 Å². The van der Waals surface area contributed by atoms with Gasteiger partial charge >= 0.3 is 0 Å². The first-order chi connectivity index (χ1) is 9.88. The smallest absolute Gasteiger partial charge is 0.288 e. The standard InChI is InChI=1S/C14H11ClF2N2O2/c1-8-4-12(17)13(6-11(8)16)18-7-9-2-3-10(15)14(5-9)19(20)21/h2-6,18H,7H2,1H3. The molecule has 7 heteroatoms. The maximum absolute atomic E-state index is 13.6. The molecule has 1 N–H and O–H groups in total.